The molecule has 0 bridgehead atoms. The fourth-order valence-corrected chi connectivity index (χ4v) is 3.63. The third kappa shape index (κ3) is 2.11. The normalized spacial score (nSPS) is 34.0. The zero-order valence-corrected chi connectivity index (χ0v) is 12.1. The Labute approximate surface area is 124 Å². The maximum absolute atomic E-state index is 12.8. The van der Waals surface area contributed by atoms with E-state index in [4.69, 9.17) is 4.74 Å². The molecule has 2 aliphatic heterocycles. The minimum atomic E-state index is -0.569. The van der Waals surface area contributed by atoms with Crippen LogP contribution in [0.25, 0.3) is 0 Å². The second-order valence-electron chi connectivity index (χ2n) is 6.60. The number of ether oxygens (including phenoxy) is 1. The number of aliphatic imine (C=N–C) groups is 1. The Morgan fingerprint density at radius 1 is 1.48 bits per heavy atom. The predicted molar refractivity (Wildman–Crippen MR) is 79.5 cm³/mol. The Bertz CT molecular complexity index is 548. The Morgan fingerprint density at radius 3 is 3.19 bits per heavy atom. The van der Waals surface area contributed by atoms with Gasteiger partial charge in [0.25, 0.3) is 0 Å². The van der Waals surface area contributed by atoms with Gasteiger partial charge in [-0.1, -0.05) is 6.42 Å². The van der Waals surface area contributed by atoms with Gasteiger partial charge in [-0.2, -0.15) is 0 Å². The van der Waals surface area contributed by atoms with Crippen molar-refractivity contribution < 1.29 is 9.53 Å². The van der Waals surface area contributed by atoms with E-state index < -0.39 is 5.41 Å². The molecule has 0 aromatic rings. The average Bonchev–Trinajstić information content (AvgIpc) is 2.89. The Morgan fingerprint density at radius 2 is 2.38 bits per heavy atom. The van der Waals surface area contributed by atoms with Crippen LogP contribution in [-0.4, -0.2) is 31.9 Å². The van der Waals surface area contributed by atoms with Crippen molar-refractivity contribution in [3.8, 4) is 0 Å². The fourth-order valence-electron chi connectivity index (χ4n) is 3.63. The lowest BCUT2D eigenvalue weighted by Crippen LogP contribution is -2.44. The molecular weight excluding hydrogens is 266 g/mol. The minimum absolute atomic E-state index is 0.0836. The van der Waals surface area contributed by atoms with E-state index in [2.05, 4.69) is 21.9 Å². The third-order valence-corrected chi connectivity index (χ3v) is 5.27. The first-order valence-electron chi connectivity index (χ1n) is 7.86. The van der Waals surface area contributed by atoms with E-state index in [9.17, 15) is 4.79 Å². The molecule has 21 heavy (non-hydrogen) atoms. The van der Waals surface area contributed by atoms with Crippen molar-refractivity contribution in [1.82, 2.24) is 10.9 Å². The van der Waals surface area contributed by atoms with Crippen LogP contribution < -0.4 is 10.9 Å². The van der Waals surface area contributed by atoms with E-state index in [-0.39, 0.29) is 5.97 Å². The third-order valence-electron chi connectivity index (χ3n) is 5.27. The van der Waals surface area contributed by atoms with Crippen LogP contribution >= 0.6 is 0 Å². The Balaban J connectivity index is 1.56. The van der Waals surface area contributed by atoms with Gasteiger partial charge in [-0.15, -0.1) is 0 Å². The van der Waals surface area contributed by atoms with Crippen LogP contribution in [0.3, 0.4) is 0 Å². The van der Waals surface area contributed by atoms with E-state index in [0.717, 1.165) is 18.5 Å². The smallest absolute Gasteiger partial charge is 0.318 e. The van der Waals surface area contributed by atoms with Gasteiger partial charge in [0, 0.05) is 24.4 Å². The van der Waals surface area contributed by atoms with Gasteiger partial charge in [-0.05, 0) is 42.9 Å². The van der Waals surface area contributed by atoms with Gasteiger partial charge in [0.1, 0.15) is 5.41 Å². The molecule has 2 unspecified atom stereocenters. The van der Waals surface area contributed by atoms with Gasteiger partial charge < -0.3 is 10.2 Å². The largest absolute Gasteiger partial charge is 0.465 e. The summed E-state index contributed by atoms with van der Waals surface area (Å²) >= 11 is 0. The first kappa shape index (κ1) is 13.1. The molecule has 2 fully saturated rings. The number of carbonyl (C=O) groups is 1. The lowest BCUT2D eigenvalue weighted by molar-refractivity contribution is -0.156. The van der Waals surface area contributed by atoms with Crippen LogP contribution in [0.5, 0.6) is 0 Å². The predicted octanol–water partition coefficient (Wildman–Crippen LogP) is 1.34. The molecule has 1 saturated heterocycles. The molecule has 2 heterocycles. The molecule has 2 atom stereocenters. The van der Waals surface area contributed by atoms with Gasteiger partial charge in [0.05, 0.1) is 13.2 Å². The van der Waals surface area contributed by atoms with E-state index in [0.29, 0.717) is 25.0 Å². The number of hydrogen-bond acceptors (Lipinski definition) is 5. The van der Waals surface area contributed by atoms with E-state index in [1.807, 2.05) is 6.08 Å². The van der Waals surface area contributed by atoms with Crippen molar-refractivity contribution in [2.45, 2.75) is 25.7 Å². The summed E-state index contributed by atoms with van der Waals surface area (Å²) in [5, 5.41) is 0. The number of nitrogens with zero attached hydrogens (tertiary/aromatic N) is 1. The first-order valence-corrected chi connectivity index (χ1v) is 7.86. The lowest BCUT2D eigenvalue weighted by atomic mass is 9.68. The average molecular weight is 287 g/mol. The number of carbonyl (C=O) groups excluding carboxylic acids is 1. The summed E-state index contributed by atoms with van der Waals surface area (Å²) in [5.41, 5.74) is 8.00. The van der Waals surface area contributed by atoms with E-state index in [1.165, 1.54) is 25.0 Å². The maximum atomic E-state index is 12.8. The van der Waals surface area contributed by atoms with Crippen molar-refractivity contribution >= 4 is 12.2 Å². The Hall–Kier alpha value is -1.62. The SMILES string of the molecule is O=C(OCC1CCC1)C12CN=CC=C1C=C1NNCC1C2. The van der Waals surface area contributed by atoms with Crippen molar-refractivity contribution in [3.05, 3.63) is 23.4 Å². The number of hydrogen-bond donors (Lipinski definition) is 2. The number of esters is 1. The molecule has 2 aliphatic carbocycles. The van der Waals surface area contributed by atoms with Gasteiger partial charge in [-0.3, -0.25) is 9.79 Å². The van der Waals surface area contributed by atoms with Crippen molar-refractivity contribution in [2.75, 3.05) is 19.7 Å². The molecule has 5 heteroatoms. The summed E-state index contributed by atoms with van der Waals surface area (Å²) in [7, 11) is 0. The molecule has 2 N–H and O–H groups in total. The highest BCUT2D eigenvalue weighted by atomic mass is 16.5. The quantitative estimate of drug-likeness (QED) is 0.769. The molecule has 5 nitrogen and oxygen atoms in total. The van der Waals surface area contributed by atoms with Crippen molar-refractivity contribution in [1.29, 1.82) is 0 Å². The van der Waals surface area contributed by atoms with Gasteiger partial charge in [0.2, 0.25) is 0 Å². The number of fused-ring (bicyclic) bond motifs is 2. The minimum Gasteiger partial charge on any atom is -0.465 e. The molecule has 0 radical (unpaired) electrons. The van der Waals surface area contributed by atoms with Crippen LogP contribution in [-0.2, 0) is 9.53 Å². The highest BCUT2D eigenvalue weighted by Crippen LogP contribution is 2.45. The summed E-state index contributed by atoms with van der Waals surface area (Å²) in [6.45, 7) is 1.96. The van der Waals surface area contributed by atoms with Gasteiger partial charge >= 0.3 is 5.97 Å². The van der Waals surface area contributed by atoms with Crippen LogP contribution in [0.4, 0.5) is 0 Å². The zero-order valence-electron chi connectivity index (χ0n) is 12.1. The molecule has 0 amide bonds. The molecule has 0 aromatic heterocycles. The van der Waals surface area contributed by atoms with Gasteiger partial charge in [0.15, 0.2) is 0 Å². The standard InChI is InChI=1S/C16H21N3O2/c20-15(21-9-11-2-1-3-11)16-7-12-8-18-19-14(12)6-13(16)4-5-17-10-16/h4-6,11-12,18-19H,1-3,7-10H2. The fraction of sp³-hybridized carbons (Fsp3) is 0.625. The summed E-state index contributed by atoms with van der Waals surface area (Å²) in [6, 6.07) is 0. The summed E-state index contributed by atoms with van der Waals surface area (Å²) in [5.74, 6) is 0.848. The van der Waals surface area contributed by atoms with Crippen LogP contribution in [0.15, 0.2) is 28.4 Å². The molecule has 4 rings (SSSR count). The molecule has 0 aromatic carbocycles. The van der Waals surface area contributed by atoms with Crippen LogP contribution in [0.2, 0.25) is 0 Å². The van der Waals surface area contributed by atoms with Crippen molar-refractivity contribution in [2.24, 2.45) is 22.2 Å². The summed E-state index contributed by atoms with van der Waals surface area (Å²) in [6.07, 6.45) is 10.3. The summed E-state index contributed by atoms with van der Waals surface area (Å²) in [4.78, 5) is 17.1. The number of nitrogens with one attached hydrogen (secondary N) is 2. The summed E-state index contributed by atoms with van der Waals surface area (Å²) < 4.78 is 5.67. The second-order valence-corrected chi connectivity index (χ2v) is 6.60. The maximum Gasteiger partial charge on any atom is 0.318 e. The topological polar surface area (TPSA) is 62.7 Å². The van der Waals surface area contributed by atoms with E-state index >= 15 is 0 Å². The number of hydrazine groups is 1. The molecule has 1 saturated carbocycles. The monoisotopic (exact) mass is 287 g/mol. The molecular formula is C16H21N3O2. The van der Waals surface area contributed by atoms with Crippen LogP contribution in [0, 0.1) is 17.3 Å². The highest BCUT2D eigenvalue weighted by molar-refractivity contribution is 5.88. The Kier molecular flexibility index (Phi) is 3.10. The van der Waals surface area contributed by atoms with Gasteiger partial charge in [-0.25, -0.2) is 5.43 Å². The first-order chi connectivity index (χ1) is 10.3. The molecule has 0 spiro atoms. The van der Waals surface area contributed by atoms with E-state index in [1.54, 1.807) is 6.21 Å². The second kappa shape index (κ2) is 4.98. The van der Waals surface area contributed by atoms with Crippen LogP contribution in [0.1, 0.15) is 25.7 Å². The molecule has 4 aliphatic rings. The lowest BCUT2D eigenvalue weighted by Gasteiger charge is -2.38. The number of allylic oxidation sites excluding steroid dienone is 2. The zero-order chi connectivity index (χ0) is 14.3. The molecule has 112 valence electrons. The number of dihydropyridines is 1. The van der Waals surface area contributed by atoms with Crippen molar-refractivity contribution in [3.63, 3.8) is 0 Å². The highest BCUT2D eigenvalue weighted by Gasteiger charge is 2.49. The number of rotatable bonds is 3.